The number of anilines is 1. The molecule has 2 aliphatic rings. The van der Waals surface area contributed by atoms with Crippen molar-refractivity contribution >= 4 is 57.7 Å². The Labute approximate surface area is 239 Å². The zero-order chi connectivity index (χ0) is 30.1. The van der Waals surface area contributed by atoms with E-state index in [1.807, 2.05) is 0 Å². The molecule has 218 valence electrons. The van der Waals surface area contributed by atoms with Crippen molar-refractivity contribution in [1.29, 1.82) is 0 Å². The summed E-state index contributed by atoms with van der Waals surface area (Å²) in [5.41, 5.74) is 5.32. The SMILES string of the molecule is C[N+](C)(CC1=C(C(=O)[O-])N2C(=O)[C@@H](NC(=O)C(=NOCC(=O)O)c3csc(N)n3)[C@@H]2SC1)Cc1cc(=O)c(O)c[nH]1. The summed E-state index contributed by atoms with van der Waals surface area (Å²) in [5, 5.41) is 37.3. The molecule has 0 radical (unpaired) electrons. The summed E-state index contributed by atoms with van der Waals surface area (Å²) < 4.78 is 0.202. The zero-order valence-electron chi connectivity index (χ0n) is 21.7. The number of β-lactam (4-membered cyclic amide) rings is 1. The topological polar surface area (TPSA) is 240 Å². The van der Waals surface area contributed by atoms with Crippen molar-refractivity contribution in [1.82, 2.24) is 20.2 Å². The van der Waals surface area contributed by atoms with Crippen LogP contribution in [0.4, 0.5) is 5.13 Å². The highest BCUT2D eigenvalue weighted by molar-refractivity contribution is 8.00. The average Bonchev–Trinajstić information content (AvgIpc) is 3.31. The molecule has 0 unspecified atom stereocenters. The lowest BCUT2D eigenvalue weighted by atomic mass is 10.0. The molecule has 2 aromatic heterocycles. The molecule has 0 aliphatic carbocycles. The van der Waals surface area contributed by atoms with E-state index in [1.54, 1.807) is 14.1 Å². The number of aromatic hydroxyl groups is 1. The maximum Gasteiger partial charge on any atom is 0.344 e. The molecule has 0 saturated carbocycles. The minimum atomic E-state index is -1.55. The van der Waals surface area contributed by atoms with E-state index >= 15 is 0 Å². The van der Waals surface area contributed by atoms with E-state index in [-0.39, 0.29) is 39.8 Å². The van der Waals surface area contributed by atoms with Gasteiger partial charge in [-0.3, -0.25) is 19.3 Å². The molecule has 0 bridgehead atoms. The molecule has 16 nitrogen and oxygen atoms in total. The lowest BCUT2D eigenvalue weighted by Gasteiger charge is -2.51. The van der Waals surface area contributed by atoms with Crippen molar-refractivity contribution in [2.45, 2.75) is 18.0 Å². The van der Waals surface area contributed by atoms with E-state index in [0.29, 0.717) is 11.3 Å². The van der Waals surface area contributed by atoms with Crippen LogP contribution >= 0.6 is 23.1 Å². The Morgan fingerprint density at radius 1 is 1.34 bits per heavy atom. The van der Waals surface area contributed by atoms with Crippen LogP contribution in [-0.4, -0.2) is 103 Å². The number of carbonyl (C=O) groups is 4. The number of rotatable bonds is 11. The summed E-state index contributed by atoms with van der Waals surface area (Å²) >= 11 is 2.24. The first-order valence-electron chi connectivity index (χ1n) is 11.8. The van der Waals surface area contributed by atoms with Crippen LogP contribution in [0.1, 0.15) is 11.4 Å². The second kappa shape index (κ2) is 11.6. The smallest absolute Gasteiger partial charge is 0.344 e. The van der Waals surface area contributed by atoms with Crippen LogP contribution in [0.25, 0.3) is 0 Å². The summed E-state index contributed by atoms with van der Waals surface area (Å²) in [5.74, 6) is -4.68. The van der Waals surface area contributed by atoms with Crippen molar-refractivity contribution < 1.29 is 43.8 Å². The highest BCUT2D eigenvalue weighted by Gasteiger charge is 2.53. The second-order valence-electron chi connectivity index (χ2n) is 9.74. The average molecular weight is 608 g/mol. The fraction of sp³-hybridized carbons (Fsp3) is 0.348. The molecule has 2 amide bonds. The number of thiazole rings is 1. The molecular formula is C23H25N7O9S2. The summed E-state index contributed by atoms with van der Waals surface area (Å²) in [4.78, 5) is 73.4. The van der Waals surface area contributed by atoms with Crippen LogP contribution in [0, 0.1) is 0 Å². The molecular weight excluding hydrogens is 582 g/mol. The monoisotopic (exact) mass is 607 g/mol. The van der Waals surface area contributed by atoms with Gasteiger partial charge in [0.2, 0.25) is 12.0 Å². The number of hydrogen-bond acceptors (Lipinski definition) is 13. The quantitative estimate of drug-likeness (QED) is 0.0778. The molecule has 0 spiro atoms. The number of carboxylic acids is 2. The maximum absolute atomic E-state index is 13.1. The molecule has 6 N–H and O–H groups in total. The fourth-order valence-electron chi connectivity index (χ4n) is 4.39. The van der Waals surface area contributed by atoms with Crippen molar-refractivity contribution in [3.63, 3.8) is 0 Å². The highest BCUT2D eigenvalue weighted by atomic mass is 32.2. The zero-order valence-corrected chi connectivity index (χ0v) is 23.3. The molecule has 0 aromatic carbocycles. The van der Waals surface area contributed by atoms with Gasteiger partial charge >= 0.3 is 5.97 Å². The van der Waals surface area contributed by atoms with Crippen LogP contribution in [0.2, 0.25) is 0 Å². The van der Waals surface area contributed by atoms with Crippen molar-refractivity contribution in [2.24, 2.45) is 5.16 Å². The minimum absolute atomic E-state index is 0.00268. The molecule has 41 heavy (non-hydrogen) atoms. The molecule has 1 saturated heterocycles. The van der Waals surface area contributed by atoms with Gasteiger partial charge in [-0.2, -0.15) is 0 Å². The number of H-pyrrole nitrogens is 1. The summed E-state index contributed by atoms with van der Waals surface area (Å²) in [6.45, 7) is -0.353. The summed E-state index contributed by atoms with van der Waals surface area (Å²) in [6.07, 6.45) is 1.18. The lowest BCUT2D eigenvalue weighted by molar-refractivity contribution is -0.899. The fourth-order valence-corrected chi connectivity index (χ4v) is 6.27. The van der Waals surface area contributed by atoms with Crippen LogP contribution in [0.3, 0.4) is 0 Å². The number of pyridine rings is 1. The van der Waals surface area contributed by atoms with E-state index in [0.717, 1.165) is 16.2 Å². The van der Waals surface area contributed by atoms with E-state index < -0.39 is 58.7 Å². The number of nitrogens with two attached hydrogens (primary N) is 1. The number of aromatic nitrogens is 2. The first-order chi connectivity index (χ1) is 19.3. The van der Waals surface area contributed by atoms with Gasteiger partial charge in [0.1, 0.15) is 30.2 Å². The Hall–Kier alpha value is -4.42. The number of hydrogen-bond donors (Lipinski definition) is 5. The number of fused-ring (bicyclic) bond motifs is 1. The van der Waals surface area contributed by atoms with Crippen molar-refractivity contribution in [3.05, 3.63) is 50.5 Å². The number of aromatic amines is 1. The van der Waals surface area contributed by atoms with Crippen LogP contribution < -0.4 is 21.6 Å². The van der Waals surface area contributed by atoms with Crippen molar-refractivity contribution in [2.75, 3.05) is 38.7 Å². The number of nitrogens with zero attached hydrogens (tertiary/aromatic N) is 4. The number of oxime groups is 1. The molecule has 1 fully saturated rings. The van der Waals surface area contributed by atoms with Gasteiger partial charge in [-0.1, -0.05) is 5.16 Å². The normalized spacial score (nSPS) is 18.9. The summed E-state index contributed by atoms with van der Waals surface area (Å²) in [6, 6.07) is 0.138. The Kier molecular flexibility index (Phi) is 8.36. The number of likely N-dealkylation sites (N-methyl/N-ethyl adjacent to an activating group) is 1. The highest BCUT2D eigenvalue weighted by Crippen LogP contribution is 2.40. The number of thioether (sulfide) groups is 1. The molecule has 18 heteroatoms. The molecule has 4 rings (SSSR count). The number of nitrogens with one attached hydrogen (secondary N) is 2. The number of aliphatic carboxylic acids is 2. The number of nitrogen functional groups attached to an aromatic ring is 1. The van der Waals surface area contributed by atoms with E-state index in [9.17, 15) is 34.2 Å². The van der Waals surface area contributed by atoms with Gasteiger partial charge in [0.15, 0.2) is 16.6 Å². The number of carboxylic acid groups (broad SMARTS) is 2. The second-order valence-corrected chi connectivity index (χ2v) is 11.7. The van der Waals surface area contributed by atoms with Gasteiger partial charge in [-0.25, -0.2) is 9.78 Å². The molecule has 4 heterocycles. The van der Waals surface area contributed by atoms with Gasteiger partial charge in [0.05, 0.1) is 31.5 Å². The van der Waals surface area contributed by atoms with Gasteiger partial charge in [0, 0.05) is 29.0 Å². The number of amides is 2. The van der Waals surface area contributed by atoms with Crippen LogP contribution in [-0.2, 0) is 30.6 Å². The first kappa shape index (κ1) is 29.6. The maximum atomic E-state index is 13.1. The Morgan fingerprint density at radius 2 is 2.07 bits per heavy atom. The minimum Gasteiger partial charge on any atom is -0.543 e. The van der Waals surface area contributed by atoms with Crippen LogP contribution in [0.15, 0.2) is 38.9 Å². The van der Waals surface area contributed by atoms with Gasteiger partial charge in [-0.15, -0.1) is 23.1 Å². The Morgan fingerprint density at radius 3 is 2.68 bits per heavy atom. The molecule has 2 atom stereocenters. The third kappa shape index (κ3) is 6.50. The van der Waals surface area contributed by atoms with Crippen molar-refractivity contribution in [3.8, 4) is 5.75 Å². The molecule has 2 aromatic rings. The largest absolute Gasteiger partial charge is 0.543 e. The van der Waals surface area contributed by atoms with Gasteiger partial charge < -0.3 is 45.5 Å². The first-order valence-corrected chi connectivity index (χ1v) is 13.7. The van der Waals surface area contributed by atoms with Crippen LogP contribution in [0.5, 0.6) is 5.75 Å². The third-order valence-corrected chi connectivity index (χ3v) is 8.03. The van der Waals surface area contributed by atoms with E-state index in [2.05, 4.69) is 20.4 Å². The summed E-state index contributed by atoms with van der Waals surface area (Å²) in [7, 11) is 3.61. The Bertz CT molecular complexity index is 1530. The van der Waals surface area contributed by atoms with E-state index in [4.69, 9.17) is 15.7 Å². The van der Waals surface area contributed by atoms with E-state index in [1.165, 1.54) is 29.4 Å². The van der Waals surface area contributed by atoms with Gasteiger partial charge in [0.25, 0.3) is 11.8 Å². The Balaban J connectivity index is 1.51. The lowest BCUT2D eigenvalue weighted by Crippen LogP contribution is -2.71. The number of quaternary nitrogens is 1. The van der Waals surface area contributed by atoms with Gasteiger partial charge in [-0.05, 0) is 0 Å². The predicted molar refractivity (Wildman–Crippen MR) is 143 cm³/mol. The third-order valence-electron chi connectivity index (χ3n) is 6.02. The molecule has 2 aliphatic heterocycles. The number of carbonyl (C=O) groups excluding carboxylic acids is 3. The standard InChI is InChI=1S/C23H25N7O9S2/c1-30(2,6-11-3-13(31)14(32)4-25-11)5-10-8-40-21-17(20(36)29(21)18(10)22(37)38)27-19(35)16(28-39-7-15(33)34)12-9-41-23(24)26-12/h3-4,9,17,21H,5-8H2,1-2H3,(H6-,24,25,26,27,28,31,32,33,34,35,37,38)/t17-,21+/m1/s1. The predicted octanol–water partition coefficient (Wildman–Crippen LogP) is -2.39.